The van der Waals surface area contributed by atoms with Gasteiger partial charge in [0.25, 0.3) is 0 Å². The van der Waals surface area contributed by atoms with E-state index >= 15 is 0 Å². The second-order valence-corrected chi connectivity index (χ2v) is 4.81. The molecule has 0 aliphatic carbocycles. The molecule has 17 heavy (non-hydrogen) atoms. The molecular weight excluding hydrogens is 286 g/mol. The largest absolute Gasteiger partial charge is 0.494 e. The fourth-order valence-corrected chi connectivity index (χ4v) is 1.75. The molecule has 0 aliphatic heterocycles. The van der Waals surface area contributed by atoms with Gasteiger partial charge in [0.15, 0.2) is 0 Å². The van der Waals surface area contributed by atoms with Gasteiger partial charge in [0.05, 0.1) is 12.2 Å². The van der Waals surface area contributed by atoms with Crippen LogP contribution in [0.4, 0.5) is 0 Å². The van der Waals surface area contributed by atoms with Gasteiger partial charge in [0, 0.05) is 11.0 Å². The molecule has 0 atom stereocenters. The summed E-state index contributed by atoms with van der Waals surface area (Å²) in [4.78, 5) is 13.0. The van der Waals surface area contributed by atoms with Crippen molar-refractivity contribution in [2.75, 3.05) is 27.2 Å². The molecule has 0 saturated carbocycles. The number of carbonyl (C=O) groups is 1. The van der Waals surface area contributed by atoms with E-state index in [1.807, 2.05) is 14.1 Å². The minimum Gasteiger partial charge on any atom is -0.494 e. The SMILES string of the molecule is CN(C)CCCOc1ccc(Br)c(C(=O)O)c1. The predicted octanol–water partition coefficient (Wildman–Crippen LogP) is 2.48. The summed E-state index contributed by atoms with van der Waals surface area (Å²) in [5.41, 5.74) is 0.218. The van der Waals surface area contributed by atoms with E-state index in [1.165, 1.54) is 6.07 Å². The number of carboxylic acids is 1. The van der Waals surface area contributed by atoms with Crippen molar-refractivity contribution in [2.24, 2.45) is 0 Å². The number of halogens is 1. The van der Waals surface area contributed by atoms with Crippen LogP contribution in [0.1, 0.15) is 16.8 Å². The lowest BCUT2D eigenvalue weighted by Crippen LogP contribution is -2.15. The Morgan fingerprint density at radius 2 is 2.18 bits per heavy atom. The Bertz CT molecular complexity index is 393. The van der Waals surface area contributed by atoms with Crippen molar-refractivity contribution >= 4 is 21.9 Å². The number of benzene rings is 1. The van der Waals surface area contributed by atoms with E-state index in [0.717, 1.165) is 13.0 Å². The lowest BCUT2D eigenvalue weighted by molar-refractivity contribution is 0.0695. The molecule has 0 radical (unpaired) electrons. The first-order valence-corrected chi connectivity index (χ1v) is 6.10. The Morgan fingerprint density at radius 3 is 2.76 bits per heavy atom. The van der Waals surface area contributed by atoms with Gasteiger partial charge >= 0.3 is 5.97 Å². The van der Waals surface area contributed by atoms with E-state index in [1.54, 1.807) is 12.1 Å². The van der Waals surface area contributed by atoms with Gasteiger partial charge in [0.1, 0.15) is 5.75 Å². The second-order valence-electron chi connectivity index (χ2n) is 3.95. The molecule has 0 aliphatic rings. The van der Waals surface area contributed by atoms with E-state index in [-0.39, 0.29) is 5.56 Å². The molecule has 0 aromatic heterocycles. The van der Waals surface area contributed by atoms with Crippen molar-refractivity contribution < 1.29 is 14.6 Å². The number of nitrogens with zero attached hydrogens (tertiary/aromatic N) is 1. The van der Waals surface area contributed by atoms with Crippen LogP contribution >= 0.6 is 15.9 Å². The summed E-state index contributed by atoms with van der Waals surface area (Å²) >= 11 is 3.19. The molecule has 0 amide bonds. The highest BCUT2D eigenvalue weighted by atomic mass is 79.9. The Hall–Kier alpha value is -1.07. The van der Waals surface area contributed by atoms with Gasteiger partial charge in [0.2, 0.25) is 0 Å². The number of rotatable bonds is 6. The Labute approximate surface area is 109 Å². The quantitative estimate of drug-likeness (QED) is 0.820. The minimum absolute atomic E-state index is 0.218. The Morgan fingerprint density at radius 1 is 1.47 bits per heavy atom. The summed E-state index contributed by atoms with van der Waals surface area (Å²) in [5, 5.41) is 8.94. The zero-order valence-electron chi connectivity index (χ0n) is 9.94. The maximum absolute atomic E-state index is 10.9. The highest BCUT2D eigenvalue weighted by Crippen LogP contribution is 2.22. The van der Waals surface area contributed by atoms with Crippen LogP contribution in [0, 0.1) is 0 Å². The number of carboxylic acid groups (broad SMARTS) is 1. The maximum Gasteiger partial charge on any atom is 0.336 e. The molecule has 1 N–H and O–H groups in total. The van der Waals surface area contributed by atoms with E-state index in [2.05, 4.69) is 20.8 Å². The molecule has 0 heterocycles. The topological polar surface area (TPSA) is 49.8 Å². The average Bonchev–Trinajstić information content (AvgIpc) is 2.25. The third-order valence-electron chi connectivity index (χ3n) is 2.19. The fraction of sp³-hybridized carbons (Fsp3) is 0.417. The minimum atomic E-state index is -0.962. The predicted molar refractivity (Wildman–Crippen MR) is 69.8 cm³/mol. The van der Waals surface area contributed by atoms with Gasteiger partial charge in [-0.15, -0.1) is 0 Å². The summed E-state index contributed by atoms with van der Waals surface area (Å²) in [5.74, 6) is -0.375. The van der Waals surface area contributed by atoms with Gasteiger partial charge in [-0.25, -0.2) is 4.79 Å². The van der Waals surface area contributed by atoms with Crippen molar-refractivity contribution in [3.05, 3.63) is 28.2 Å². The molecule has 94 valence electrons. The van der Waals surface area contributed by atoms with Crippen LogP contribution in [-0.4, -0.2) is 43.2 Å². The van der Waals surface area contributed by atoms with Crippen molar-refractivity contribution in [3.63, 3.8) is 0 Å². The summed E-state index contributed by atoms with van der Waals surface area (Å²) < 4.78 is 6.05. The monoisotopic (exact) mass is 301 g/mol. The van der Waals surface area contributed by atoms with E-state index in [4.69, 9.17) is 9.84 Å². The molecule has 0 unspecified atom stereocenters. The maximum atomic E-state index is 10.9. The molecule has 5 heteroatoms. The summed E-state index contributed by atoms with van der Waals surface area (Å²) in [6, 6.07) is 4.97. The third kappa shape index (κ3) is 4.75. The molecule has 0 bridgehead atoms. The van der Waals surface area contributed by atoms with Crippen LogP contribution in [0.25, 0.3) is 0 Å². The van der Waals surface area contributed by atoms with E-state index < -0.39 is 5.97 Å². The number of ether oxygens (including phenoxy) is 1. The molecule has 4 nitrogen and oxygen atoms in total. The Balaban J connectivity index is 2.54. The third-order valence-corrected chi connectivity index (χ3v) is 2.88. The first-order chi connectivity index (χ1) is 8.00. The lowest BCUT2D eigenvalue weighted by Gasteiger charge is -2.11. The van der Waals surface area contributed by atoms with Crippen LogP contribution in [-0.2, 0) is 0 Å². The molecule has 0 saturated heterocycles. The van der Waals surface area contributed by atoms with Gasteiger partial charge < -0.3 is 14.7 Å². The number of hydrogen-bond donors (Lipinski definition) is 1. The summed E-state index contributed by atoms with van der Waals surface area (Å²) in [6.45, 7) is 1.53. The van der Waals surface area contributed by atoms with Crippen LogP contribution in [0.5, 0.6) is 5.75 Å². The van der Waals surface area contributed by atoms with Crippen LogP contribution in [0.3, 0.4) is 0 Å². The van der Waals surface area contributed by atoms with Gasteiger partial charge in [-0.2, -0.15) is 0 Å². The van der Waals surface area contributed by atoms with Crippen molar-refractivity contribution in [1.82, 2.24) is 4.90 Å². The molecule has 0 spiro atoms. The smallest absolute Gasteiger partial charge is 0.336 e. The first kappa shape index (κ1) is 14.0. The van der Waals surface area contributed by atoms with Gasteiger partial charge in [-0.1, -0.05) is 0 Å². The van der Waals surface area contributed by atoms with Crippen molar-refractivity contribution in [3.8, 4) is 5.75 Å². The number of hydrogen-bond acceptors (Lipinski definition) is 3. The van der Waals surface area contributed by atoms with Crippen LogP contribution < -0.4 is 4.74 Å². The van der Waals surface area contributed by atoms with Crippen molar-refractivity contribution in [1.29, 1.82) is 0 Å². The van der Waals surface area contributed by atoms with Crippen LogP contribution in [0.2, 0.25) is 0 Å². The zero-order chi connectivity index (χ0) is 12.8. The zero-order valence-corrected chi connectivity index (χ0v) is 11.5. The molecule has 1 aromatic rings. The van der Waals surface area contributed by atoms with E-state index in [0.29, 0.717) is 16.8 Å². The number of aromatic carboxylic acids is 1. The van der Waals surface area contributed by atoms with Gasteiger partial charge in [-0.05, 0) is 54.6 Å². The highest BCUT2D eigenvalue weighted by molar-refractivity contribution is 9.10. The lowest BCUT2D eigenvalue weighted by atomic mass is 10.2. The normalized spacial score (nSPS) is 10.6. The molecular formula is C12H16BrNO3. The fourth-order valence-electron chi connectivity index (χ4n) is 1.33. The average molecular weight is 302 g/mol. The summed E-state index contributed by atoms with van der Waals surface area (Å²) in [6.07, 6.45) is 0.908. The van der Waals surface area contributed by atoms with Gasteiger partial charge in [-0.3, -0.25) is 0 Å². The highest BCUT2D eigenvalue weighted by Gasteiger charge is 2.09. The molecule has 1 rings (SSSR count). The van der Waals surface area contributed by atoms with Crippen molar-refractivity contribution in [2.45, 2.75) is 6.42 Å². The van der Waals surface area contributed by atoms with E-state index in [9.17, 15) is 4.79 Å². The summed E-state index contributed by atoms with van der Waals surface area (Å²) in [7, 11) is 4.00. The second kappa shape index (κ2) is 6.61. The first-order valence-electron chi connectivity index (χ1n) is 5.31. The van der Waals surface area contributed by atoms with Crippen LogP contribution in [0.15, 0.2) is 22.7 Å². The Kier molecular flexibility index (Phi) is 5.44. The molecule has 0 fully saturated rings. The standard InChI is InChI=1S/C12H16BrNO3/c1-14(2)6-3-7-17-9-4-5-11(13)10(8-9)12(15)16/h4-5,8H,3,6-7H2,1-2H3,(H,15,16). The molecule has 1 aromatic carbocycles.